The topological polar surface area (TPSA) is 58.4 Å². The Kier molecular flexibility index (Phi) is 4.68. The van der Waals surface area contributed by atoms with E-state index in [9.17, 15) is 4.79 Å². The highest BCUT2D eigenvalue weighted by Gasteiger charge is 2.35. The van der Waals surface area contributed by atoms with Crippen LogP contribution in [-0.2, 0) is 4.79 Å². The number of carbonyl (C=O) groups excluding carboxylic acids is 1. The number of hydrogen-bond donors (Lipinski definition) is 2. The molecule has 16 heavy (non-hydrogen) atoms. The van der Waals surface area contributed by atoms with Gasteiger partial charge in [0.15, 0.2) is 0 Å². The molecule has 0 radical (unpaired) electrons. The molecule has 1 amide bonds. The van der Waals surface area contributed by atoms with Crippen molar-refractivity contribution < 1.29 is 4.79 Å². The van der Waals surface area contributed by atoms with E-state index in [-0.39, 0.29) is 10.9 Å². The quantitative estimate of drug-likeness (QED) is 0.729. The van der Waals surface area contributed by atoms with E-state index in [0.29, 0.717) is 6.42 Å². The predicted octanol–water partition coefficient (Wildman–Crippen LogP) is 1.21. The third-order valence-corrected chi connectivity index (χ3v) is 3.82. The Labute approximate surface area is 103 Å². The molecule has 0 bridgehead atoms. The number of nitrogens with one attached hydrogen (secondary N) is 1. The maximum Gasteiger partial charge on any atom is 0.247 e. The summed E-state index contributed by atoms with van der Waals surface area (Å²) in [5.74, 6) is -0.0793. The van der Waals surface area contributed by atoms with Crippen LogP contribution in [0.15, 0.2) is 0 Å². The summed E-state index contributed by atoms with van der Waals surface area (Å²) >= 11 is 4.97. The van der Waals surface area contributed by atoms with Crippen LogP contribution in [-0.4, -0.2) is 29.0 Å². The summed E-state index contributed by atoms with van der Waals surface area (Å²) in [4.78, 5) is 12.4. The molecule has 3 N–H and O–H groups in total. The van der Waals surface area contributed by atoms with Crippen molar-refractivity contribution in [2.45, 2.75) is 39.5 Å². The molecule has 0 aromatic carbocycles. The fourth-order valence-corrected chi connectivity index (χ4v) is 1.96. The fraction of sp³-hybridized carbons (Fsp3) is 0.818. The van der Waals surface area contributed by atoms with E-state index >= 15 is 0 Å². The number of carbonyl (C=O) groups is 1. The number of hydrazine groups is 1. The fourth-order valence-electron chi connectivity index (χ4n) is 1.72. The van der Waals surface area contributed by atoms with Gasteiger partial charge in [-0.2, -0.15) is 0 Å². The molecule has 1 aliphatic rings. The van der Waals surface area contributed by atoms with E-state index in [1.54, 1.807) is 6.92 Å². The van der Waals surface area contributed by atoms with Gasteiger partial charge in [0.1, 0.15) is 0 Å². The average Bonchev–Trinajstić information content (AvgIpc) is 2.28. The Balaban J connectivity index is 2.58. The summed E-state index contributed by atoms with van der Waals surface area (Å²) in [6, 6.07) is 0. The third-order valence-electron chi connectivity index (χ3n) is 3.37. The molecule has 4 nitrogen and oxygen atoms in total. The zero-order chi connectivity index (χ0) is 12.2. The average molecular weight is 243 g/mol. The Hall–Kier alpha value is -0.680. The van der Waals surface area contributed by atoms with Crippen LogP contribution in [0, 0.1) is 5.41 Å². The van der Waals surface area contributed by atoms with Gasteiger partial charge in [-0.1, -0.05) is 25.6 Å². The van der Waals surface area contributed by atoms with Gasteiger partial charge in [-0.3, -0.25) is 10.2 Å². The molecular formula is C11H21N3OS. The normalized spacial score (nSPS) is 21.1. The molecule has 0 saturated carbocycles. The first-order chi connectivity index (χ1) is 7.50. The lowest BCUT2D eigenvalue weighted by atomic mass is 9.87. The summed E-state index contributed by atoms with van der Waals surface area (Å²) in [5, 5.41) is 1.97. The minimum absolute atomic E-state index is 0.0793. The van der Waals surface area contributed by atoms with Crippen LogP contribution in [0.4, 0.5) is 0 Å². The number of rotatable bonds is 4. The molecule has 0 aliphatic carbocycles. The molecule has 1 fully saturated rings. The van der Waals surface area contributed by atoms with E-state index in [4.69, 9.17) is 18.0 Å². The summed E-state index contributed by atoms with van der Waals surface area (Å²) in [5.41, 5.74) is 7.83. The number of piperidine rings is 1. The molecule has 0 spiro atoms. The van der Waals surface area contributed by atoms with Crippen LogP contribution < -0.4 is 11.2 Å². The number of hydrogen-bond acceptors (Lipinski definition) is 3. The van der Waals surface area contributed by atoms with Crippen molar-refractivity contribution >= 4 is 23.1 Å². The number of nitrogens with two attached hydrogens (primary N) is 1. The van der Waals surface area contributed by atoms with Crippen LogP contribution in [0.2, 0.25) is 0 Å². The van der Waals surface area contributed by atoms with Crippen molar-refractivity contribution in [3.63, 3.8) is 0 Å². The van der Waals surface area contributed by atoms with E-state index in [1.807, 2.05) is 11.9 Å². The second-order valence-electron chi connectivity index (χ2n) is 4.54. The Morgan fingerprint density at radius 1 is 1.44 bits per heavy atom. The molecule has 5 heteroatoms. The van der Waals surface area contributed by atoms with E-state index < -0.39 is 5.41 Å². The van der Waals surface area contributed by atoms with Crippen molar-refractivity contribution in [3.05, 3.63) is 0 Å². The number of amides is 1. The smallest absolute Gasteiger partial charge is 0.247 e. The monoisotopic (exact) mass is 243 g/mol. The molecule has 92 valence electrons. The zero-order valence-electron chi connectivity index (χ0n) is 10.1. The maximum absolute atomic E-state index is 12.1. The highest BCUT2D eigenvalue weighted by Crippen LogP contribution is 2.22. The minimum atomic E-state index is -0.729. The molecule has 1 unspecified atom stereocenters. The molecule has 1 aliphatic heterocycles. The van der Waals surface area contributed by atoms with E-state index in [2.05, 4.69) is 5.43 Å². The maximum atomic E-state index is 12.1. The molecular weight excluding hydrogens is 222 g/mol. The van der Waals surface area contributed by atoms with Gasteiger partial charge in [-0.25, -0.2) is 5.01 Å². The van der Waals surface area contributed by atoms with Crippen molar-refractivity contribution in [1.82, 2.24) is 10.4 Å². The molecule has 0 aromatic heterocycles. The van der Waals surface area contributed by atoms with Crippen LogP contribution in [0.25, 0.3) is 0 Å². The van der Waals surface area contributed by atoms with Gasteiger partial charge in [0.05, 0.1) is 10.4 Å². The SMILES string of the molecule is CCC(C)(C(=O)NN1CCCCC1)C(N)=S. The summed E-state index contributed by atoms with van der Waals surface area (Å²) < 4.78 is 0. The third kappa shape index (κ3) is 2.92. The molecule has 1 heterocycles. The van der Waals surface area contributed by atoms with Gasteiger partial charge in [0.2, 0.25) is 5.91 Å². The van der Waals surface area contributed by atoms with Gasteiger partial charge >= 0.3 is 0 Å². The number of nitrogens with zero attached hydrogens (tertiary/aromatic N) is 1. The van der Waals surface area contributed by atoms with Gasteiger partial charge in [0.25, 0.3) is 0 Å². The van der Waals surface area contributed by atoms with E-state index in [0.717, 1.165) is 25.9 Å². The van der Waals surface area contributed by atoms with Gasteiger partial charge in [0, 0.05) is 13.1 Å². The largest absolute Gasteiger partial charge is 0.392 e. The first kappa shape index (κ1) is 13.4. The lowest BCUT2D eigenvalue weighted by Crippen LogP contribution is -2.53. The summed E-state index contributed by atoms with van der Waals surface area (Å²) in [6.07, 6.45) is 4.14. The Morgan fingerprint density at radius 2 is 2.00 bits per heavy atom. The van der Waals surface area contributed by atoms with Crippen LogP contribution in [0.1, 0.15) is 39.5 Å². The van der Waals surface area contributed by atoms with Crippen LogP contribution >= 0.6 is 12.2 Å². The van der Waals surface area contributed by atoms with Crippen LogP contribution in [0.3, 0.4) is 0 Å². The lowest BCUT2D eigenvalue weighted by molar-refractivity contribution is -0.132. The van der Waals surface area contributed by atoms with Gasteiger partial charge < -0.3 is 5.73 Å². The van der Waals surface area contributed by atoms with Crippen molar-refractivity contribution in [1.29, 1.82) is 0 Å². The zero-order valence-corrected chi connectivity index (χ0v) is 10.9. The lowest BCUT2D eigenvalue weighted by Gasteiger charge is -2.32. The summed E-state index contributed by atoms with van der Waals surface area (Å²) in [7, 11) is 0. The van der Waals surface area contributed by atoms with Gasteiger partial charge in [-0.15, -0.1) is 0 Å². The first-order valence-corrected chi connectivity index (χ1v) is 6.27. The second-order valence-corrected chi connectivity index (χ2v) is 4.98. The molecule has 1 atom stereocenters. The molecule has 1 saturated heterocycles. The highest BCUT2D eigenvalue weighted by atomic mass is 32.1. The standard InChI is InChI=1S/C11H21N3OS/c1-3-11(2,9(12)16)10(15)13-14-7-5-4-6-8-14/h3-8H2,1-2H3,(H2,12,16)(H,13,15). The minimum Gasteiger partial charge on any atom is -0.392 e. The second kappa shape index (κ2) is 5.59. The van der Waals surface area contributed by atoms with Crippen molar-refractivity contribution in [3.8, 4) is 0 Å². The van der Waals surface area contributed by atoms with Crippen molar-refractivity contribution in [2.75, 3.05) is 13.1 Å². The predicted molar refractivity (Wildman–Crippen MR) is 68.8 cm³/mol. The number of thiocarbonyl (C=S) groups is 1. The van der Waals surface area contributed by atoms with Crippen molar-refractivity contribution in [2.24, 2.45) is 11.1 Å². The highest BCUT2D eigenvalue weighted by molar-refractivity contribution is 7.80. The Bertz CT molecular complexity index is 276. The summed E-state index contributed by atoms with van der Waals surface area (Å²) in [6.45, 7) is 5.56. The van der Waals surface area contributed by atoms with Gasteiger partial charge in [-0.05, 0) is 26.2 Å². The molecule has 0 aromatic rings. The Morgan fingerprint density at radius 3 is 2.44 bits per heavy atom. The first-order valence-electron chi connectivity index (χ1n) is 5.86. The van der Waals surface area contributed by atoms with E-state index in [1.165, 1.54) is 6.42 Å². The molecule has 1 rings (SSSR count). The van der Waals surface area contributed by atoms with Crippen LogP contribution in [0.5, 0.6) is 0 Å².